The summed E-state index contributed by atoms with van der Waals surface area (Å²) in [6.07, 6.45) is -0.251. The highest BCUT2D eigenvalue weighted by Crippen LogP contribution is 2.07. The lowest BCUT2D eigenvalue weighted by Gasteiger charge is -2.25. The van der Waals surface area contributed by atoms with Crippen molar-refractivity contribution in [3.8, 4) is 0 Å². The number of imide groups is 1. The van der Waals surface area contributed by atoms with Crippen LogP contribution in [0.25, 0.3) is 0 Å². The molecular formula is C25H32N4O6. The first kappa shape index (κ1) is 27.5. The van der Waals surface area contributed by atoms with E-state index < -0.39 is 30.3 Å². The summed E-state index contributed by atoms with van der Waals surface area (Å²) in [6.45, 7) is 0.559. The summed E-state index contributed by atoms with van der Waals surface area (Å²) in [5, 5.41) is 28.5. The van der Waals surface area contributed by atoms with Gasteiger partial charge >= 0.3 is 12.2 Å². The molecular weight excluding hydrogens is 452 g/mol. The van der Waals surface area contributed by atoms with E-state index in [9.17, 15) is 24.3 Å². The molecule has 0 spiro atoms. The number of hydrogen-bond donors (Lipinski definition) is 6. The molecule has 0 aliphatic carbocycles. The third kappa shape index (κ3) is 11.3. The molecule has 0 bridgehead atoms. The SMILES string of the molecule is O=CC(Cc1ccccc1)NCCCCC(NC(=O)O)N[C@@H](Cc1ccccc1)C(=O)NC(=O)O. The van der Waals surface area contributed by atoms with Crippen LogP contribution in [0.15, 0.2) is 60.7 Å². The van der Waals surface area contributed by atoms with Gasteiger partial charge < -0.3 is 25.6 Å². The fourth-order valence-corrected chi connectivity index (χ4v) is 3.66. The smallest absolute Gasteiger partial charge is 0.411 e. The number of rotatable bonds is 15. The topological polar surface area (TPSA) is 157 Å². The van der Waals surface area contributed by atoms with Crippen LogP contribution in [-0.4, -0.2) is 59.4 Å². The Kier molecular flexibility index (Phi) is 11.9. The van der Waals surface area contributed by atoms with Gasteiger partial charge in [-0.25, -0.2) is 9.59 Å². The fraction of sp³-hybridized carbons (Fsp3) is 0.360. The second kappa shape index (κ2) is 15.2. The van der Waals surface area contributed by atoms with E-state index in [4.69, 9.17) is 5.11 Å². The van der Waals surface area contributed by atoms with Crippen LogP contribution in [0.3, 0.4) is 0 Å². The first-order valence-corrected chi connectivity index (χ1v) is 11.4. The number of hydrogen-bond acceptors (Lipinski definition) is 6. The van der Waals surface area contributed by atoms with Gasteiger partial charge in [0, 0.05) is 0 Å². The van der Waals surface area contributed by atoms with Gasteiger partial charge in [0.1, 0.15) is 6.29 Å². The Morgan fingerprint density at radius 3 is 1.97 bits per heavy atom. The van der Waals surface area contributed by atoms with Crippen molar-refractivity contribution in [1.29, 1.82) is 0 Å². The Morgan fingerprint density at radius 2 is 1.43 bits per heavy atom. The van der Waals surface area contributed by atoms with Crippen LogP contribution in [0, 0.1) is 0 Å². The van der Waals surface area contributed by atoms with Gasteiger partial charge in [-0.1, -0.05) is 60.7 Å². The lowest BCUT2D eigenvalue weighted by Crippen LogP contribution is -2.55. The molecule has 188 valence electrons. The van der Waals surface area contributed by atoms with E-state index >= 15 is 0 Å². The molecule has 0 saturated heterocycles. The van der Waals surface area contributed by atoms with Crippen LogP contribution >= 0.6 is 0 Å². The molecule has 10 nitrogen and oxygen atoms in total. The standard InChI is InChI=1S/C25H32N4O6/c30-17-20(15-18-9-3-1-4-10-18)26-14-8-7-13-22(28-24(32)33)27-21(23(31)29-25(34)35)16-19-11-5-2-6-12-19/h1-6,9-12,17,20-22,26-28H,7-8,13-16H2,(H,29,31)(H,32,33)(H,34,35)/t20?,21-,22?/m0/s1. The molecule has 0 radical (unpaired) electrons. The minimum absolute atomic E-state index is 0.180. The van der Waals surface area contributed by atoms with E-state index in [0.29, 0.717) is 32.2 Å². The summed E-state index contributed by atoms with van der Waals surface area (Å²) in [4.78, 5) is 46.1. The molecule has 0 aliphatic rings. The minimum atomic E-state index is -1.48. The van der Waals surface area contributed by atoms with Crippen LogP contribution < -0.4 is 21.3 Å². The van der Waals surface area contributed by atoms with Gasteiger partial charge in [-0.15, -0.1) is 0 Å². The highest BCUT2D eigenvalue weighted by molar-refractivity contribution is 5.94. The van der Waals surface area contributed by atoms with E-state index in [1.54, 1.807) is 24.3 Å². The van der Waals surface area contributed by atoms with E-state index in [-0.39, 0.29) is 12.5 Å². The number of amides is 3. The zero-order valence-electron chi connectivity index (χ0n) is 19.4. The minimum Gasteiger partial charge on any atom is -0.465 e. The first-order valence-electron chi connectivity index (χ1n) is 11.4. The Labute approximate surface area is 204 Å². The molecule has 2 aromatic carbocycles. The third-order valence-corrected chi connectivity index (χ3v) is 5.32. The largest absolute Gasteiger partial charge is 0.465 e. The third-order valence-electron chi connectivity index (χ3n) is 5.32. The number of carboxylic acid groups (broad SMARTS) is 2. The highest BCUT2D eigenvalue weighted by Gasteiger charge is 2.24. The molecule has 35 heavy (non-hydrogen) atoms. The molecule has 2 unspecified atom stereocenters. The Balaban J connectivity index is 1.89. The number of carbonyl (C=O) groups excluding carboxylic acids is 2. The van der Waals surface area contributed by atoms with Crippen LogP contribution in [0.2, 0.25) is 0 Å². The van der Waals surface area contributed by atoms with Gasteiger partial charge in [0.05, 0.1) is 18.2 Å². The van der Waals surface area contributed by atoms with Gasteiger partial charge in [0.15, 0.2) is 0 Å². The van der Waals surface area contributed by atoms with E-state index in [1.807, 2.05) is 41.7 Å². The van der Waals surface area contributed by atoms with Crippen molar-refractivity contribution in [2.24, 2.45) is 0 Å². The van der Waals surface area contributed by atoms with Gasteiger partial charge in [-0.05, 0) is 49.8 Å². The number of carbonyl (C=O) groups is 4. The maximum atomic E-state index is 12.4. The van der Waals surface area contributed by atoms with E-state index in [1.165, 1.54) is 0 Å². The average Bonchev–Trinajstić information content (AvgIpc) is 2.83. The summed E-state index contributed by atoms with van der Waals surface area (Å²) in [7, 11) is 0. The van der Waals surface area contributed by atoms with Gasteiger partial charge in [-0.2, -0.15) is 0 Å². The molecule has 0 saturated carbocycles. The maximum Gasteiger partial charge on any atom is 0.411 e. The molecule has 6 N–H and O–H groups in total. The number of unbranched alkanes of at least 4 members (excludes halogenated alkanes) is 1. The summed E-state index contributed by atoms with van der Waals surface area (Å²) >= 11 is 0. The lowest BCUT2D eigenvalue weighted by atomic mass is 10.0. The van der Waals surface area contributed by atoms with Crippen molar-refractivity contribution in [3.05, 3.63) is 71.8 Å². The molecule has 3 atom stereocenters. The zero-order chi connectivity index (χ0) is 25.5. The molecule has 0 heterocycles. The molecule has 3 amide bonds. The predicted octanol–water partition coefficient (Wildman–Crippen LogP) is 2.15. The van der Waals surface area contributed by atoms with Crippen LogP contribution in [0.4, 0.5) is 9.59 Å². The lowest BCUT2D eigenvalue weighted by molar-refractivity contribution is -0.122. The molecule has 0 aromatic heterocycles. The van der Waals surface area contributed by atoms with Crippen LogP contribution in [-0.2, 0) is 22.4 Å². The second-order valence-electron chi connectivity index (χ2n) is 8.09. The number of aldehydes is 1. The Morgan fingerprint density at radius 1 is 0.829 bits per heavy atom. The Hall–Kier alpha value is -3.76. The molecule has 0 fully saturated rings. The first-order chi connectivity index (χ1) is 16.9. The van der Waals surface area contributed by atoms with Crippen LogP contribution in [0.1, 0.15) is 30.4 Å². The quantitative estimate of drug-likeness (QED) is 0.128. The second-order valence-corrected chi connectivity index (χ2v) is 8.09. The molecule has 0 aliphatic heterocycles. The summed E-state index contributed by atoms with van der Waals surface area (Å²) in [5.74, 6) is -0.769. The van der Waals surface area contributed by atoms with Crippen molar-refractivity contribution >= 4 is 24.4 Å². The molecule has 2 aromatic rings. The Bertz CT molecular complexity index is 941. The van der Waals surface area contributed by atoms with Crippen LogP contribution in [0.5, 0.6) is 0 Å². The van der Waals surface area contributed by atoms with Gasteiger partial charge in [0.2, 0.25) is 5.91 Å². The monoisotopic (exact) mass is 484 g/mol. The molecule has 2 rings (SSSR count). The predicted molar refractivity (Wildman–Crippen MR) is 130 cm³/mol. The summed E-state index contributed by atoms with van der Waals surface area (Å²) in [6, 6.07) is 17.4. The average molecular weight is 485 g/mol. The normalized spacial score (nSPS) is 13.3. The number of benzene rings is 2. The fourth-order valence-electron chi connectivity index (χ4n) is 3.66. The van der Waals surface area contributed by atoms with E-state index in [2.05, 4.69) is 16.0 Å². The highest BCUT2D eigenvalue weighted by atomic mass is 16.4. The van der Waals surface area contributed by atoms with Crippen molar-refractivity contribution in [1.82, 2.24) is 21.3 Å². The number of nitrogens with one attached hydrogen (secondary N) is 4. The van der Waals surface area contributed by atoms with Crippen molar-refractivity contribution in [2.75, 3.05) is 6.54 Å². The van der Waals surface area contributed by atoms with Gasteiger partial charge in [-0.3, -0.25) is 15.4 Å². The summed E-state index contributed by atoms with van der Waals surface area (Å²) in [5.41, 5.74) is 1.85. The van der Waals surface area contributed by atoms with Crippen molar-refractivity contribution in [2.45, 2.75) is 50.4 Å². The van der Waals surface area contributed by atoms with Crippen molar-refractivity contribution in [3.63, 3.8) is 0 Å². The zero-order valence-corrected chi connectivity index (χ0v) is 19.4. The van der Waals surface area contributed by atoms with Crippen molar-refractivity contribution < 1.29 is 29.4 Å². The maximum absolute atomic E-state index is 12.4. The molecule has 10 heteroatoms. The van der Waals surface area contributed by atoms with E-state index in [0.717, 1.165) is 17.4 Å². The summed E-state index contributed by atoms with van der Waals surface area (Å²) < 4.78 is 0. The van der Waals surface area contributed by atoms with Gasteiger partial charge in [0.25, 0.3) is 0 Å².